The van der Waals surface area contributed by atoms with Crippen molar-refractivity contribution < 1.29 is 14.7 Å². The molecule has 2 aliphatic heterocycles. The van der Waals surface area contributed by atoms with Crippen molar-refractivity contribution in [2.45, 2.75) is 51.1 Å². The van der Waals surface area contributed by atoms with Crippen LogP contribution in [0, 0.1) is 11.8 Å². The summed E-state index contributed by atoms with van der Waals surface area (Å²) in [5.41, 5.74) is 0. The molecule has 5 nitrogen and oxygen atoms in total. The molecule has 2 bridgehead atoms. The highest BCUT2D eigenvalue weighted by molar-refractivity contribution is 5.80. The Bertz CT molecular complexity index is 332. The van der Waals surface area contributed by atoms with Gasteiger partial charge in [0.15, 0.2) is 0 Å². The Kier molecular flexibility index (Phi) is 4.22. The molecule has 2 aliphatic rings. The highest BCUT2D eigenvalue weighted by atomic mass is 16.4. The van der Waals surface area contributed by atoms with Crippen LogP contribution in [0.25, 0.3) is 0 Å². The summed E-state index contributed by atoms with van der Waals surface area (Å²) in [7, 11) is 0. The van der Waals surface area contributed by atoms with E-state index in [1.807, 2.05) is 6.92 Å². The predicted molar refractivity (Wildman–Crippen MR) is 67.1 cm³/mol. The van der Waals surface area contributed by atoms with Crippen molar-refractivity contribution in [3.05, 3.63) is 0 Å². The lowest BCUT2D eigenvalue weighted by Crippen LogP contribution is -2.39. The number of hydrogen-bond donors (Lipinski definition) is 3. The zero-order chi connectivity index (χ0) is 13.1. The first-order valence-electron chi connectivity index (χ1n) is 6.82. The van der Waals surface area contributed by atoms with Crippen LogP contribution in [0.2, 0.25) is 0 Å². The summed E-state index contributed by atoms with van der Waals surface area (Å²) in [5.74, 6) is -0.297. The first-order valence-corrected chi connectivity index (χ1v) is 6.82. The van der Waals surface area contributed by atoms with Crippen LogP contribution in [-0.2, 0) is 9.59 Å². The summed E-state index contributed by atoms with van der Waals surface area (Å²) in [6.45, 7) is 2.56. The van der Waals surface area contributed by atoms with Gasteiger partial charge in [-0.05, 0) is 31.6 Å². The Morgan fingerprint density at radius 3 is 2.78 bits per heavy atom. The Morgan fingerprint density at radius 2 is 2.22 bits per heavy atom. The van der Waals surface area contributed by atoms with E-state index in [-0.39, 0.29) is 24.2 Å². The molecule has 0 saturated carbocycles. The maximum absolute atomic E-state index is 12.0. The van der Waals surface area contributed by atoms with Crippen LogP contribution in [0.5, 0.6) is 0 Å². The summed E-state index contributed by atoms with van der Waals surface area (Å²) >= 11 is 0. The maximum atomic E-state index is 12.0. The van der Waals surface area contributed by atoms with E-state index in [9.17, 15) is 9.59 Å². The molecule has 3 N–H and O–H groups in total. The van der Waals surface area contributed by atoms with Gasteiger partial charge < -0.3 is 15.7 Å². The average molecular weight is 254 g/mol. The lowest BCUT2D eigenvalue weighted by molar-refractivity contribution is -0.137. The van der Waals surface area contributed by atoms with E-state index in [2.05, 4.69) is 10.6 Å². The third-order valence-corrected chi connectivity index (χ3v) is 4.11. The number of aliphatic carboxylic acids is 1. The number of carbonyl (C=O) groups excluding carboxylic acids is 1. The summed E-state index contributed by atoms with van der Waals surface area (Å²) in [6, 6.07) is 0.902. The molecule has 0 aliphatic carbocycles. The van der Waals surface area contributed by atoms with Gasteiger partial charge in [0.25, 0.3) is 0 Å². The normalized spacial score (nSPS) is 31.3. The van der Waals surface area contributed by atoms with Crippen molar-refractivity contribution in [3.8, 4) is 0 Å². The second-order valence-electron chi connectivity index (χ2n) is 5.67. The van der Waals surface area contributed by atoms with Gasteiger partial charge in [0.1, 0.15) is 0 Å². The van der Waals surface area contributed by atoms with Gasteiger partial charge in [-0.1, -0.05) is 6.92 Å². The number of amides is 1. The Balaban J connectivity index is 1.67. The third kappa shape index (κ3) is 3.22. The maximum Gasteiger partial charge on any atom is 0.303 e. The lowest BCUT2D eigenvalue weighted by Gasteiger charge is -2.20. The quantitative estimate of drug-likeness (QED) is 0.653. The lowest BCUT2D eigenvalue weighted by atomic mass is 9.88. The van der Waals surface area contributed by atoms with Crippen molar-refractivity contribution in [3.63, 3.8) is 0 Å². The van der Waals surface area contributed by atoms with Crippen LogP contribution in [0.4, 0.5) is 0 Å². The van der Waals surface area contributed by atoms with Crippen molar-refractivity contribution in [1.82, 2.24) is 10.6 Å². The number of carboxylic acids is 1. The van der Waals surface area contributed by atoms with Gasteiger partial charge in [0, 0.05) is 25.0 Å². The smallest absolute Gasteiger partial charge is 0.303 e. The van der Waals surface area contributed by atoms with Crippen molar-refractivity contribution in [1.29, 1.82) is 0 Å². The highest BCUT2D eigenvalue weighted by Gasteiger charge is 2.42. The molecule has 4 unspecified atom stereocenters. The number of carbonyl (C=O) groups is 2. The number of nitrogens with one attached hydrogen (secondary N) is 2. The molecule has 0 aromatic rings. The van der Waals surface area contributed by atoms with Crippen molar-refractivity contribution in [2.75, 3.05) is 6.54 Å². The third-order valence-electron chi connectivity index (χ3n) is 4.11. The first-order chi connectivity index (χ1) is 8.56. The topological polar surface area (TPSA) is 78.4 Å². The molecule has 4 atom stereocenters. The summed E-state index contributed by atoms with van der Waals surface area (Å²) in [4.78, 5) is 22.5. The average Bonchev–Trinajstić information content (AvgIpc) is 2.95. The molecule has 2 heterocycles. The van der Waals surface area contributed by atoms with Gasteiger partial charge in [0.2, 0.25) is 5.91 Å². The molecule has 0 aromatic carbocycles. The van der Waals surface area contributed by atoms with Gasteiger partial charge in [-0.2, -0.15) is 0 Å². The monoisotopic (exact) mass is 254 g/mol. The predicted octanol–water partition coefficient (Wildman–Crippen LogP) is 0.744. The van der Waals surface area contributed by atoms with E-state index in [0.29, 0.717) is 25.0 Å². The van der Waals surface area contributed by atoms with Crippen LogP contribution in [0.1, 0.15) is 39.0 Å². The van der Waals surface area contributed by atoms with Crippen LogP contribution in [-0.4, -0.2) is 35.6 Å². The van der Waals surface area contributed by atoms with E-state index < -0.39 is 5.97 Å². The van der Waals surface area contributed by atoms with Crippen LogP contribution in [0.15, 0.2) is 0 Å². The molecule has 2 saturated heterocycles. The molecule has 0 radical (unpaired) electrons. The molecular weight excluding hydrogens is 232 g/mol. The van der Waals surface area contributed by atoms with Crippen molar-refractivity contribution in [2.24, 2.45) is 11.8 Å². The fourth-order valence-corrected chi connectivity index (χ4v) is 2.99. The van der Waals surface area contributed by atoms with E-state index in [0.717, 1.165) is 12.8 Å². The number of fused-ring (bicyclic) bond motifs is 2. The minimum Gasteiger partial charge on any atom is -0.481 e. The fraction of sp³-hybridized carbons (Fsp3) is 0.846. The zero-order valence-electron chi connectivity index (χ0n) is 10.8. The second kappa shape index (κ2) is 5.69. The number of rotatable bonds is 6. The molecule has 1 amide bonds. The molecule has 0 spiro atoms. The minimum absolute atomic E-state index is 0.121. The first kappa shape index (κ1) is 13.3. The van der Waals surface area contributed by atoms with Gasteiger partial charge in [-0.25, -0.2) is 0 Å². The fourth-order valence-electron chi connectivity index (χ4n) is 2.99. The Hall–Kier alpha value is -1.10. The summed E-state index contributed by atoms with van der Waals surface area (Å²) < 4.78 is 0. The molecule has 102 valence electrons. The molecule has 2 fully saturated rings. The molecule has 18 heavy (non-hydrogen) atoms. The van der Waals surface area contributed by atoms with Gasteiger partial charge >= 0.3 is 5.97 Å². The van der Waals surface area contributed by atoms with Gasteiger partial charge in [-0.3, -0.25) is 9.59 Å². The molecule has 5 heteroatoms. The van der Waals surface area contributed by atoms with E-state index in [1.54, 1.807) is 0 Å². The standard InChI is InChI=1S/C13H22N2O3/c1-8(2-5-12(16)17)7-14-13(18)10-6-9-3-4-11(10)15-9/h8-11,15H,2-7H2,1H3,(H,14,18)(H,16,17). The SMILES string of the molecule is CC(CCC(=O)O)CNC(=O)C1CC2CCC1N2. The number of carboxylic acid groups (broad SMARTS) is 1. The zero-order valence-corrected chi connectivity index (χ0v) is 10.8. The molecule has 0 aromatic heterocycles. The van der Waals surface area contributed by atoms with Crippen LogP contribution in [0.3, 0.4) is 0 Å². The van der Waals surface area contributed by atoms with Gasteiger partial charge in [-0.15, -0.1) is 0 Å². The van der Waals surface area contributed by atoms with Crippen LogP contribution >= 0.6 is 0 Å². The second-order valence-corrected chi connectivity index (χ2v) is 5.67. The van der Waals surface area contributed by atoms with E-state index >= 15 is 0 Å². The van der Waals surface area contributed by atoms with Gasteiger partial charge in [0.05, 0.1) is 5.92 Å². The summed E-state index contributed by atoms with van der Waals surface area (Å²) in [6.07, 6.45) is 4.05. The van der Waals surface area contributed by atoms with E-state index in [1.165, 1.54) is 6.42 Å². The largest absolute Gasteiger partial charge is 0.481 e. The molecule has 2 rings (SSSR count). The van der Waals surface area contributed by atoms with Crippen molar-refractivity contribution >= 4 is 11.9 Å². The highest BCUT2D eigenvalue weighted by Crippen LogP contribution is 2.33. The van der Waals surface area contributed by atoms with Crippen LogP contribution < -0.4 is 10.6 Å². The molecular formula is C13H22N2O3. The van der Waals surface area contributed by atoms with E-state index in [4.69, 9.17) is 5.11 Å². The number of hydrogen-bond acceptors (Lipinski definition) is 3. The summed E-state index contributed by atoms with van der Waals surface area (Å²) in [5, 5.41) is 15.0. The Morgan fingerprint density at radius 1 is 1.44 bits per heavy atom. The minimum atomic E-state index is -0.773. The Labute approximate surface area is 107 Å².